The molecule has 1 aromatic rings. The Morgan fingerprint density at radius 3 is 2.75 bits per heavy atom. The Labute approximate surface area is 71.2 Å². The molecule has 3 N–H and O–H groups in total. The van der Waals surface area contributed by atoms with Crippen LogP contribution in [0, 0.1) is 5.92 Å². The summed E-state index contributed by atoms with van der Waals surface area (Å²) in [6.45, 7) is 0. The fourth-order valence-electron chi connectivity index (χ4n) is 1.29. The third kappa shape index (κ3) is 1.41. The molecule has 0 aliphatic heterocycles. The summed E-state index contributed by atoms with van der Waals surface area (Å²) in [5.74, 6) is 0.809. The molecule has 0 amide bonds. The van der Waals surface area contributed by atoms with Gasteiger partial charge in [-0.25, -0.2) is 0 Å². The van der Waals surface area contributed by atoms with Crippen LogP contribution in [0.1, 0.15) is 24.6 Å². The Morgan fingerprint density at radius 2 is 2.25 bits per heavy atom. The minimum Gasteiger partial charge on any atom is -0.506 e. The van der Waals surface area contributed by atoms with Crippen molar-refractivity contribution >= 4 is 0 Å². The number of pyridine rings is 1. The van der Waals surface area contributed by atoms with Gasteiger partial charge in [0.1, 0.15) is 5.75 Å². The molecule has 0 radical (unpaired) electrons. The van der Waals surface area contributed by atoms with Gasteiger partial charge in [-0.2, -0.15) is 0 Å². The van der Waals surface area contributed by atoms with E-state index in [4.69, 9.17) is 10.8 Å². The molecule has 0 unspecified atom stereocenters. The van der Waals surface area contributed by atoms with Crippen LogP contribution in [-0.2, 0) is 0 Å². The Hall–Kier alpha value is -1.09. The standard InChI is InChI=1S/C9H12N2O/c10-9(6-1-2-6)8-4-3-7(12)5-11-8/h3-6,9,12H,1-2,10H2/t9-/m1/s1. The number of rotatable bonds is 2. The van der Waals surface area contributed by atoms with Crippen molar-refractivity contribution in [2.45, 2.75) is 18.9 Å². The van der Waals surface area contributed by atoms with Crippen LogP contribution in [-0.4, -0.2) is 10.1 Å². The summed E-state index contributed by atoms with van der Waals surface area (Å²) in [5, 5.41) is 8.99. The Morgan fingerprint density at radius 1 is 1.50 bits per heavy atom. The summed E-state index contributed by atoms with van der Waals surface area (Å²) in [6, 6.07) is 3.48. The predicted octanol–water partition coefficient (Wildman–Crippen LogP) is 1.20. The maximum absolute atomic E-state index is 8.99. The van der Waals surface area contributed by atoms with Gasteiger partial charge in [-0.15, -0.1) is 0 Å². The van der Waals surface area contributed by atoms with Crippen LogP contribution in [0.25, 0.3) is 0 Å². The quantitative estimate of drug-likeness (QED) is 0.690. The first kappa shape index (κ1) is 7.55. The van der Waals surface area contributed by atoms with Crippen LogP contribution in [0.15, 0.2) is 18.3 Å². The van der Waals surface area contributed by atoms with Crippen molar-refractivity contribution in [1.82, 2.24) is 4.98 Å². The van der Waals surface area contributed by atoms with E-state index in [2.05, 4.69) is 4.98 Å². The second-order valence-electron chi connectivity index (χ2n) is 3.30. The third-order valence-electron chi connectivity index (χ3n) is 2.24. The maximum atomic E-state index is 8.99. The molecule has 1 fully saturated rings. The fraction of sp³-hybridized carbons (Fsp3) is 0.444. The van der Waals surface area contributed by atoms with E-state index in [-0.39, 0.29) is 11.8 Å². The van der Waals surface area contributed by atoms with E-state index in [0.29, 0.717) is 5.92 Å². The first-order valence-electron chi connectivity index (χ1n) is 4.18. The monoisotopic (exact) mass is 164 g/mol. The minimum atomic E-state index is 0.0607. The van der Waals surface area contributed by atoms with Gasteiger partial charge in [0.15, 0.2) is 0 Å². The molecule has 1 saturated carbocycles. The molecule has 3 nitrogen and oxygen atoms in total. The topological polar surface area (TPSA) is 59.1 Å². The Bertz CT molecular complexity index is 266. The zero-order valence-electron chi connectivity index (χ0n) is 6.77. The van der Waals surface area contributed by atoms with Crippen molar-refractivity contribution < 1.29 is 5.11 Å². The van der Waals surface area contributed by atoms with Crippen LogP contribution >= 0.6 is 0 Å². The van der Waals surface area contributed by atoms with E-state index in [1.54, 1.807) is 12.1 Å². The first-order valence-corrected chi connectivity index (χ1v) is 4.18. The lowest BCUT2D eigenvalue weighted by Gasteiger charge is -2.08. The van der Waals surface area contributed by atoms with E-state index < -0.39 is 0 Å². The second kappa shape index (κ2) is 2.75. The molecule has 2 rings (SSSR count). The average Bonchev–Trinajstić information content (AvgIpc) is 2.87. The lowest BCUT2D eigenvalue weighted by Crippen LogP contribution is -2.13. The van der Waals surface area contributed by atoms with Gasteiger partial charge >= 0.3 is 0 Å². The summed E-state index contributed by atoms with van der Waals surface area (Å²) in [4.78, 5) is 4.06. The third-order valence-corrected chi connectivity index (χ3v) is 2.24. The molecule has 0 bridgehead atoms. The van der Waals surface area contributed by atoms with Crippen LogP contribution in [0.5, 0.6) is 5.75 Å². The second-order valence-corrected chi connectivity index (χ2v) is 3.30. The highest BCUT2D eigenvalue weighted by atomic mass is 16.3. The van der Waals surface area contributed by atoms with Crippen molar-refractivity contribution in [2.24, 2.45) is 11.7 Å². The Kier molecular flexibility index (Phi) is 1.73. The van der Waals surface area contributed by atoms with E-state index in [0.717, 1.165) is 5.69 Å². The van der Waals surface area contributed by atoms with E-state index >= 15 is 0 Å². The predicted molar refractivity (Wildman–Crippen MR) is 45.6 cm³/mol. The summed E-state index contributed by atoms with van der Waals surface area (Å²) < 4.78 is 0. The molecular weight excluding hydrogens is 152 g/mol. The lowest BCUT2D eigenvalue weighted by molar-refractivity contribution is 0.470. The number of aromatic nitrogens is 1. The summed E-state index contributed by atoms with van der Waals surface area (Å²) in [5.41, 5.74) is 6.79. The number of nitrogens with two attached hydrogens (primary N) is 1. The molecule has 1 heterocycles. The molecule has 64 valence electrons. The zero-order valence-corrected chi connectivity index (χ0v) is 6.77. The van der Waals surface area contributed by atoms with Crippen molar-refractivity contribution in [3.8, 4) is 5.75 Å². The van der Waals surface area contributed by atoms with Gasteiger partial charge in [0.05, 0.1) is 11.9 Å². The lowest BCUT2D eigenvalue weighted by atomic mass is 10.1. The van der Waals surface area contributed by atoms with E-state index in [1.165, 1.54) is 19.0 Å². The Balaban J connectivity index is 2.16. The van der Waals surface area contributed by atoms with Crippen LogP contribution in [0.4, 0.5) is 0 Å². The molecular formula is C9H12N2O. The highest BCUT2D eigenvalue weighted by Gasteiger charge is 2.30. The summed E-state index contributed by atoms with van der Waals surface area (Å²) >= 11 is 0. The van der Waals surface area contributed by atoms with Gasteiger partial charge in [-0.3, -0.25) is 4.98 Å². The molecule has 0 aromatic carbocycles. The van der Waals surface area contributed by atoms with E-state index in [1.807, 2.05) is 0 Å². The van der Waals surface area contributed by atoms with Gasteiger partial charge in [0.25, 0.3) is 0 Å². The molecule has 0 spiro atoms. The van der Waals surface area contributed by atoms with Crippen LogP contribution in [0.3, 0.4) is 0 Å². The van der Waals surface area contributed by atoms with Crippen molar-refractivity contribution in [3.05, 3.63) is 24.0 Å². The highest BCUT2D eigenvalue weighted by Crippen LogP contribution is 2.38. The van der Waals surface area contributed by atoms with Crippen molar-refractivity contribution in [3.63, 3.8) is 0 Å². The van der Waals surface area contributed by atoms with E-state index in [9.17, 15) is 0 Å². The fourth-order valence-corrected chi connectivity index (χ4v) is 1.29. The van der Waals surface area contributed by atoms with Gasteiger partial charge in [0, 0.05) is 6.04 Å². The zero-order chi connectivity index (χ0) is 8.55. The molecule has 1 aromatic heterocycles. The van der Waals surface area contributed by atoms with Crippen molar-refractivity contribution in [1.29, 1.82) is 0 Å². The minimum absolute atomic E-state index is 0.0607. The molecule has 1 aliphatic rings. The molecule has 3 heteroatoms. The summed E-state index contributed by atoms with van der Waals surface area (Å²) in [6.07, 6.45) is 3.87. The molecule has 0 saturated heterocycles. The highest BCUT2D eigenvalue weighted by molar-refractivity contribution is 5.20. The largest absolute Gasteiger partial charge is 0.506 e. The first-order chi connectivity index (χ1) is 5.77. The van der Waals surface area contributed by atoms with Gasteiger partial charge < -0.3 is 10.8 Å². The SMILES string of the molecule is N[C@@H](c1ccc(O)cn1)C1CC1. The number of hydrogen-bond donors (Lipinski definition) is 2. The van der Waals surface area contributed by atoms with Crippen LogP contribution in [0.2, 0.25) is 0 Å². The number of nitrogens with zero attached hydrogens (tertiary/aromatic N) is 1. The van der Waals surface area contributed by atoms with Gasteiger partial charge in [-0.1, -0.05) is 0 Å². The molecule has 1 aliphatic carbocycles. The molecule has 1 atom stereocenters. The maximum Gasteiger partial charge on any atom is 0.133 e. The van der Waals surface area contributed by atoms with Gasteiger partial charge in [0.2, 0.25) is 0 Å². The van der Waals surface area contributed by atoms with Crippen molar-refractivity contribution in [2.75, 3.05) is 0 Å². The normalized spacial score (nSPS) is 19.1. The smallest absolute Gasteiger partial charge is 0.133 e. The van der Waals surface area contributed by atoms with Gasteiger partial charge in [-0.05, 0) is 30.9 Å². The number of hydrogen-bond acceptors (Lipinski definition) is 3. The number of aromatic hydroxyl groups is 1. The average molecular weight is 164 g/mol. The van der Waals surface area contributed by atoms with Crippen LogP contribution < -0.4 is 5.73 Å². The molecule has 12 heavy (non-hydrogen) atoms. The summed E-state index contributed by atoms with van der Waals surface area (Å²) in [7, 11) is 0.